The number of hydrogen-bond donors (Lipinski definition) is 0. The summed E-state index contributed by atoms with van der Waals surface area (Å²) in [5, 5.41) is 1.16. The van der Waals surface area contributed by atoms with E-state index < -0.39 is 117 Å². The molecule has 11 aromatic carbocycles. The van der Waals surface area contributed by atoms with Crippen molar-refractivity contribution in [3.63, 3.8) is 0 Å². The number of esters is 6. The molecule has 0 amide bonds. The molecule has 0 bridgehead atoms. The second-order valence-electron chi connectivity index (χ2n) is 26.8. The maximum atomic E-state index is 15.2. The van der Waals surface area contributed by atoms with Gasteiger partial charge in [-0.1, -0.05) is 263 Å². The van der Waals surface area contributed by atoms with Gasteiger partial charge >= 0.3 is 35.8 Å². The summed E-state index contributed by atoms with van der Waals surface area (Å²) in [5.41, 5.74) is 5.61. The average molecular weight is 1450 g/mol. The van der Waals surface area contributed by atoms with E-state index in [2.05, 4.69) is 20.8 Å². The van der Waals surface area contributed by atoms with Crippen molar-refractivity contribution in [2.24, 2.45) is 0 Å². The van der Waals surface area contributed by atoms with Crippen LogP contribution in [0.4, 0.5) is 0 Å². The standard InChI is InChI=1S/C89H78O17Si/c1-89(2,3)107(71-41-25-11-26-42-71,72-43-27-12-28-44-72)98-58-74-76(102-81(90)65-35-19-8-20-36-65)78(104-82(91)66-37-21-9-22-38-66)80(106-83(92)67-39-23-10-24-40-67)88(100-74)97-57-73-75(101-84(93)68-51-45-62(46-52-68)59-29-13-5-14-30-59)77(103-85(94)69-53-47-63(48-54-69)60-31-15-6-16-32-60)79(87(96-4)99-73)105-86(95)70-55-49-64(50-56-70)61-33-17-7-18-34-61/h5-56,73-80,87-88H,57-58H2,1-4H3/t73-,74-,75+,76+,77+,78+,79-,80-,87-,88-/m1/s1. The monoisotopic (exact) mass is 1450 g/mol. The molecule has 2 fully saturated rings. The number of benzene rings is 11. The van der Waals surface area contributed by atoms with E-state index in [9.17, 15) is 19.2 Å². The van der Waals surface area contributed by atoms with Crippen molar-refractivity contribution >= 4 is 54.5 Å². The summed E-state index contributed by atoms with van der Waals surface area (Å²) < 4.78 is 74.2. The van der Waals surface area contributed by atoms with E-state index in [0.29, 0.717) is 0 Å². The minimum Gasteiger partial charge on any atom is -0.452 e. The zero-order valence-corrected chi connectivity index (χ0v) is 60.2. The summed E-state index contributed by atoms with van der Waals surface area (Å²) in [6.07, 6.45) is -17.0. The Morgan fingerprint density at radius 2 is 0.533 bits per heavy atom. The molecule has 0 aliphatic carbocycles. The predicted molar refractivity (Wildman–Crippen MR) is 404 cm³/mol. The third-order valence-corrected chi connectivity index (χ3v) is 23.9. The summed E-state index contributed by atoms with van der Waals surface area (Å²) in [5.74, 6) is -5.40. The fraction of sp³-hybridized carbons (Fsp3) is 0.191. The molecule has 0 spiro atoms. The molecule has 11 aromatic rings. The van der Waals surface area contributed by atoms with Crippen LogP contribution in [0.5, 0.6) is 0 Å². The Hall–Kier alpha value is -11.7. The normalized spacial score (nSPS) is 19.9. The van der Waals surface area contributed by atoms with Crippen LogP contribution < -0.4 is 10.4 Å². The molecule has 10 atom stereocenters. The Morgan fingerprint density at radius 1 is 0.290 bits per heavy atom. The number of methoxy groups -OCH3 is 1. The Morgan fingerprint density at radius 3 is 0.841 bits per heavy atom. The lowest BCUT2D eigenvalue weighted by molar-refractivity contribution is -0.325. The summed E-state index contributed by atoms with van der Waals surface area (Å²) in [4.78, 5) is 90.0. The van der Waals surface area contributed by atoms with Crippen LogP contribution in [-0.4, -0.2) is 126 Å². The molecule has 540 valence electrons. The maximum Gasteiger partial charge on any atom is 0.338 e. The van der Waals surface area contributed by atoms with Crippen LogP contribution >= 0.6 is 0 Å². The van der Waals surface area contributed by atoms with Crippen molar-refractivity contribution in [3.05, 3.63) is 349 Å². The van der Waals surface area contributed by atoms with E-state index in [1.165, 1.54) is 31.4 Å². The summed E-state index contributed by atoms with van der Waals surface area (Å²) in [7, 11) is -2.26. The van der Waals surface area contributed by atoms with Gasteiger partial charge in [-0.25, -0.2) is 28.8 Å². The van der Waals surface area contributed by atoms with Gasteiger partial charge in [-0.2, -0.15) is 0 Å². The van der Waals surface area contributed by atoms with Gasteiger partial charge in [0.15, 0.2) is 49.2 Å². The lowest BCUT2D eigenvalue weighted by Crippen LogP contribution is -2.69. The third kappa shape index (κ3) is 17.2. The van der Waals surface area contributed by atoms with Gasteiger partial charge in [0, 0.05) is 7.11 Å². The summed E-state index contributed by atoms with van der Waals surface area (Å²) in [6, 6.07) is 92.7. The van der Waals surface area contributed by atoms with Gasteiger partial charge in [0.05, 0.1) is 46.6 Å². The van der Waals surface area contributed by atoms with Crippen molar-refractivity contribution in [2.75, 3.05) is 20.3 Å². The summed E-state index contributed by atoms with van der Waals surface area (Å²) >= 11 is 0. The van der Waals surface area contributed by atoms with Crippen LogP contribution in [0, 0.1) is 0 Å². The van der Waals surface area contributed by atoms with Crippen molar-refractivity contribution in [1.29, 1.82) is 0 Å². The number of rotatable bonds is 24. The van der Waals surface area contributed by atoms with E-state index in [1.807, 2.05) is 152 Å². The van der Waals surface area contributed by atoms with Gasteiger partial charge in [-0.3, -0.25) is 0 Å². The highest BCUT2D eigenvalue weighted by Gasteiger charge is 2.58. The van der Waals surface area contributed by atoms with Gasteiger partial charge < -0.3 is 51.8 Å². The van der Waals surface area contributed by atoms with Crippen LogP contribution in [0.3, 0.4) is 0 Å². The number of carbonyl (C=O) groups is 6. The van der Waals surface area contributed by atoms with Crippen molar-refractivity contribution in [2.45, 2.75) is 87.2 Å². The van der Waals surface area contributed by atoms with E-state index in [1.54, 1.807) is 140 Å². The van der Waals surface area contributed by atoms with Gasteiger partial charge in [0.1, 0.15) is 12.2 Å². The molecule has 18 heteroatoms. The molecular formula is C89H78O17Si. The Labute approximate surface area is 621 Å². The molecule has 17 nitrogen and oxygen atoms in total. The van der Waals surface area contributed by atoms with E-state index in [0.717, 1.165) is 43.8 Å². The lowest BCUT2D eigenvalue weighted by atomic mass is 9.96. The second kappa shape index (κ2) is 34.0. The van der Waals surface area contributed by atoms with Gasteiger partial charge in [-0.05, 0) is 122 Å². The minimum atomic E-state index is -3.55. The minimum absolute atomic E-state index is 0.0678. The first-order valence-corrected chi connectivity index (χ1v) is 37.1. The second-order valence-corrected chi connectivity index (χ2v) is 31.1. The molecule has 0 radical (unpaired) electrons. The van der Waals surface area contributed by atoms with Crippen molar-refractivity contribution in [3.8, 4) is 33.4 Å². The van der Waals surface area contributed by atoms with Crippen molar-refractivity contribution in [1.82, 2.24) is 0 Å². The third-order valence-electron chi connectivity index (χ3n) is 18.9. The first kappa shape index (κ1) is 73.6. The van der Waals surface area contributed by atoms with Crippen LogP contribution in [0.1, 0.15) is 82.9 Å². The molecule has 2 aliphatic rings. The molecular weight excluding hydrogens is 1370 g/mol. The SMILES string of the molecule is CO[C@@H]1O[C@H](CO[C@@H]2O[C@H](CO[Si](c3ccccc3)(c3ccccc3)C(C)(C)C)[C@H](OC(=O)c3ccccc3)[C@H](OC(=O)c3ccccc3)[C@H]2OC(=O)c2ccccc2)[C@H](OC(=O)c2ccc(-c3ccccc3)cc2)[C@H](OC(=O)c2ccc(-c3ccccc3)cc2)[C@H]1OC(=O)c1ccc(-c2ccccc2)cc1. The lowest BCUT2D eigenvalue weighted by Gasteiger charge is -2.48. The van der Waals surface area contributed by atoms with E-state index in [4.69, 9.17) is 51.8 Å². The molecule has 2 heterocycles. The quantitative estimate of drug-likeness (QED) is 0.0313. The molecule has 2 aliphatic heterocycles. The highest BCUT2D eigenvalue weighted by Crippen LogP contribution is 2.40. The molecule has 0 unspecified atom stereocenters. The van der Waals surface area contributed by atoms with Crippen LogP contribution in [0.25, 0.3) is 33.4 Å². The van der Waals surface area contributed by atoms with Crippen molar-refractivity contribution < 1.29 is 80.6 Å². The Balaban J connectivity index is 0.933. The number of carbonyl (C=O) groups excluding carboxylic acids is 6. The highest BCUT2D eigenvalue weighted by molar-refractivity contribution is 6.99. The molecule has 13 rings (SSSR count). The molecule has 0 saturated carbocycles. The molecule has 107 heavy (non-hydrogen) atoms. The molecule has 2 saturated heterocycles. The molecule has 0 aromatic heterocycles. The van der Waals surface area contributed by atoms with E-state index >= 15 is 9.59 Å². The predicted octanol–water partition coefficient (Wildman–Crippen LogP) is 15.0. The fourth-order valence-electron chi connectivity index (χ4n) is 13.5. The Kier molecular flexibility index (Phi) is 23.4. The highest BCUT2D eigenvalue weighted by atomic mass is 28.4. The first-order chi connectivity index (χ1) is 52.1. The zero-order chi connectivity index (χ0) is 74.3. The van der Waals surface area contributed by atoms with E-state index in [-0.39, 0.29) is 40.0 Å². The molecule has 0 N–H and O–H groups in total. The van der Waals surface area contributed by atoms with Gasteiger partial charge in [0.2, 0.25) is 0 Å². The first-order valence-electron chi connectivity index (χ1n) is 35.2. The van der Waals surface area contributed by atoms with Crippen LogP contribution in [0.2, 0.25) is 5.04 Å². The van der Waals surface area contributed by atoms with Gasteiger partial charge in [0.25, 0.3) is 8.32 Å². The van der Waals surface area contributed by atoms with Crippen LogP contribution in [-0.2, 0) is 51.8 Å². The Bertz CT molecular complexity index is 4730. The largest absolute Gasteiger partial charge is 0.452 e. The van der Waals surface area contributed by atoms with Crippen LogP contribution in [0.15, 0.2) is 315 Å². The summed E-state index contributed by atoms with van der Waals surface area (Å²) in [6.45, 7) is 5.17. The fourth-order valence-corrected chi connectivity index (χ4v) is 18.0. The smallest absolute Gasteiger partial charge is 0.338 e. The average Bonchev–Trinajstić information content (AvgIpc) is 0.742. The maximum absolute atomic E-state index is 15.2. The zero-order valence-electron chi connectivity index (χ0n) is 59.2. The number of hydrogen-bond acceptors (Lipinski definition) is 17. The topological polar surface area (TPSA) is 204 Å². The number of ether oxygens (including phenoxy) is 10. The van der Waals surface area contributed by atoms with Gasteiger partial charge in [-0.15, -0.1) is 0 Å².